The Hall–Kier alpha value is -1.89. The minimum Gasteiger partial charge on any atom is -0.412 e. The molecule has 0 aliphatic carbocycles. The zero-order valence-electron chi connectivity index (χ0n) is 13.0. The second kappa shape index (κ2) is 6.93. The van der Waals surface area contributed by atoms with Crippen molar-refractivity contribution in [3.63, 3.8) is 0 Å². The number of imidazole rings is 1. The molecule has 0 saturated carbocycles. The Kier molecular flexibility index (Phi) is 5.32. The van der Waals surface area contributed by atoms with Gasteiger partial charge in [-0.2, -0.15) is 0 Å². The number of amides is 1. The molecule has 1 aliphatic rings. The normalized spacial score (nSPS) is 12.8. The van der Waals surface area contributed by atoms with E-state index in [1.165, 1.54) is 0 Å². The van der Waals surface area contributed by atoms with E-state index >= 15 is 0 Å². The number of hydrogen-bond donors (Lipinski definition) is 1. The van der Waals surface area contributed by atoms with Crippen molar-refractivity contribution < 1.29 is 10.3 Å². The van der Waals surface area contributed by atoms with E-state index in [1.54, 1.807) is 0 Å². The molecule has 0 spiro atoms. The number of benzene rings is 1. The molecule has 7 heteroatoms. The van der Waals surface area contributed by atoms with E-state index in [0.717, 1.165) is 33.8 Å². The molecular formula is C17H17BrClN3O2. The Morgan fingerprint density at radius 2 is 2.04 bits per heavy atom. The zero-order valence-corrected chi connectivity index (χ0v) is 15.4. The van der Waals surface area contributed by atoms with Crippen LogP contribution in [0.25, 0.3) is 16.9 Å². The number of hydrogen-bond acceptors (Lipinski definition) is 2. The van der Waals surface area contributed by atoms with Crippen molar-refractivity contribution in [3.05, 3.63) is 52.8 Å². The lowest BCUT2D eigenvalue weighted by Crippen LogP contribution is -2.19. The smallest absolute Gasteiger partial charge is 0.224 e. The number of carbonyl (C=O) groups excluding carboxylic acids is 1. The first-order valence-corrected chi connectivity index (χ1v) is 7.57. The maximum atomic E-state index is 11.5. The summed E-state index contributed by atoms with van der Waals surface area (Å²) in [7, 11) is 0. The fourth-order valence-electron chi connectivity index (χ4n) is 2.98. The highest BCUT2D eigenvalue weighted by Gasteiger charge is 2.20. The Morgan fingerprint density at radius 3 is 2.79 bits per heavy atom. The van der Waals surface area contributed by atoms with Gasteiger partial charge in [-0.25, -0.2) is 4.98 Å². The molecule has 126 valence electrons. The Labute approximate surface area is 154 Å². The Morgan fingerprint density at radius 1 is 1.25 bits per heavy atom. The van der Waals surface area contributed by atoms with E-state index in [4.69, 9.17) is 16.6 Å². The first kappa shape index (κ1) is 18.4. The number of nitrogens with one attached hydrogen (secondary N) is 1. The summed E-state index contributed by atoms with van der Waals surface area (Å²) in [5, 5.41) is 3.42. The van der Waals surface area contributed by atoms with Crippen molar-refractivity contribution in [1.29, 1.82) is 0 Å². The quantitative estimate of drug-likeness (QED) is 0.665. The number of nitrogens with zero attached hydrogens (tertiary/aromatic N) is 2. The molecule has 1 amide bonds. The predicted molar refractivity (Wildman–Crippen MR) is 101 cm³/mol. The van der Waals surface area contributed by atoms with Gasteiger partial charge in [0.2, 0.25) is 5.91 Å². The molecule has 5 nitrogen and oxygen atoms in total. The van der Waals surface area contributed by atoms with Gasteiger partial charge in [-0.15, -0.1) is 17.0 Å². The molecule has 0 atom stereocenters. The SMILES string of the molecule is Br.Cc1c(-c2cc(Cl)c3c(c2)CCC(=O)N3)nc2ccccn12.O. The average Bonchev–Trinajstić information content (AvgIpc) is 2.85. The summed E-state index contributed by atoms with van der Waals surface area (Å²) < 4.78 is 2.06. The summed E-state index contributed by atoms with van der Waals surface area (Å²) in [6, 6.07) is 9.90. The molecule has 0 fully saturated rings. The molecule has 2 aromatic heterocycles. The summed E-state index contributed by atoms with van der Waals surface area (Å²) in [6.45, 7) is 2.05. The van der Waals surface area contributed by atoms with Gasteiger partial charge in [0.15, 0.2) is 0 Å². The van der Waals surface area contributed by atoms with E-state index in [-0.39, 0.29) is 28.4 Å². The third kappa shape index (κ3) is 2.92. The Bertz CT molecular complexity index is 924. The minimum absolute atomic E-state index is 0. The largest absolute Gasteiger partial charge is 0.412 e. The van der Waals surface area contributed by atoms with E-state index in [2.05, 4.69) is 15.8 Å². The molecule has 0 bridgehead atoms. The van der Waals surface area contributed by atoms with Gasteiger partial charge in [0.05, 0.1) is 16.4 Å². The van der Waals surface area contributed by atoms with Crippen LogP contribution in [-0.2, 0) is 11.2 Å². The lowest BCUT2D eigenvalue weighted by molar-refractivity contribution is -0.116. The summed E-state index contributed by atoms with van der Waals surface area (Å²) in [4.78, 5) is 16.2. The first-order valence-electron chi connectivity index (χ1n) is 7.20. The predicted octanol–water partition coefficient (Wildman–Crippen LogP) is 3.60. The van der Waals surface area contributed by atoms with Gasteiger partial charge in [0.1, 0.15) is 5.65 Å². The van der Waals surface area contributed by atoms with Crippen LogP contribution < -0.4 is 5.32 Å². The number of anilines is 1. The third-order valence-corrected chi connectivity index (χ3v) is 4.40. The third-order valence-electron chi connectivity index (χ3n) is 4.10. The maximum absolute atomic E-state index is 11.5. The zero-order chi connectivity index (χ0) is 15.3. The molecule has 0 saturated heterocycles. The second-order valence-electron chi connectivity index (χ2n) is 5.52. The number of rotatable bonds is 1. The van der Waals surface area contributed by atoms with Crippen LogP contribution in [0.5, 0.6) is 0 Å². The van der Waals surface area contributed by atoms with E-state index in [9.17, 15) is 4.79 Å². The maximum Gasteiger partial charge on any atom is 0.224 e. The summed E-state index contributed by atoms with van der Waals surface area (Å²) >= 11 is 6.36. The van der Waals surface area contributed by atoms with Crippen molar-refractivity contribution in [2.45, 2.75) is 19.8 Å². The lowest BCUT2D eigenvalue weighted by atomic mass is 9.98. The van der Waals surface area contributed by atoms with Crippen molar-refractivity contribution in [2.24, 2.45) is 0 Å². The highest BCUT2D eigenvalue weighted by atomic mass is 79.9. The van der Waals surface area contributed by atoms with Crippen molar-refractivity contribution in [1.82, 2.24) is 9.38 Å². The number of pyridine rings is 1. The number of aryl methyl sites for hydroxylation is 2. The van der Waals surface area contributed by atoms with Crippen LogP contribution >= 0.6 is 28.6 Å². The van der Waals surface area contributed by atoms with Gasteiger partial charge >= 0.3 is 0 Å². The average molecular weight is 411 g/mol. The van der Waals surface area contributed by atoms with Gasteiger partial charge in [0, 0.05) is 23.9 Å². The molecule has 24 heavy (non-hydrogen) atoms. The molecule has 1 aliphatic heterocycles. The van der Waals surface area contributed by atoms with E-state index in [1.807, 2.05) is 37.4 Å². The highest BCUT2D eigenvalue weighted by Crippen LogP contribution is 2.36. The molecule has 0 unspecified atom stereocenters. The fraction of sp³-hybridized carbons (Fsp3) is 0.176. The van der Waals surface area contributed by atoms with Crippen LogP contribution in [0.2, 0.25) is 5.02 Å². The van der Waals surface area contributed by atoms with Crippen LogP contribution in [0.1, 0.15) is 17.7 Å². The van der Waals surface area contributed by atoms with E-state index < -0.39 is 0 Å². The highest BCUT2D eigenvalue weighted by molar-refractivity contribution is 8.93. The second-order valence-corrected chi connectivity index (χ2v) is 5.92. The minimum atomic E-state index is 0. The summed E-state index contributed by atoms with van der Waals surface area (Å²) in [5.74, 6) is 0.0195. The monoisotopic (exact) mass is 409 g/mol. The molecule has 1 aromatic carbocycles. The molecule has 4 rings (SSSR count). The van der Waals surface area contributed by atoms with Crippen LogP contribution in [0.15, 0.2) is 36.5 Å². The fourth-order valence-corrected chi connectivity index (χ4v) is 3.27. The van der Waals surface area contributed by atoms with Crippen LogP contribution in [-0.4, -0.2) is 20.8 Å². The van der Waals surface area contributed by atoms with Crippen molar-refractivity contribution in [3.8, 4) is 11.3 Å². The molecule has 3 aromatic rings. The standard InChI is InChI=1S/C17H14ClN3O.BrH.H2O/c1-10-16(19-14-4-2-3-7-21(10)14)12-8-11-5-6-15(22)20-17(11)13(18)9-12;;/h2-4,7-9H,5-6H2,1H3,(H,20,22);1H;1H2. The summed E-state index contributed by atoms with van der Waals surface area (Å²) in [5.41, 5.74) is 5.71. The Balaban J connectivity index is 0.00000104. The lowest BCUT2D eigenvalue weighted by Gasteiger charge is -2.19. The molecular weight excluding hydrogens is 394 g/mol. The number of carbonyl (C=O) groups is 1. The van der Waals surface area contributed by atoms with Gasteiger partial charge in [-0.3, -0.25) is 4.79 Å². The van der Waals surface area contributed by atoms with Crippen molar-refractivity contribution in [2.75, 3.05) is 5.32 Å². The number of aromatic nitrogens is 2. The molecule has 0 radical (unpaired) electrons. The van der Waals surface area contributed by atoms with Gasteiger partial charge in [-0.1, -0.05) is 17.7 Å². The first-order chi connectivity index (χ1) is 10.6. The van der Waals surface area contributed by atoms with Crippen molar-refractivity contribution >= 4 is 45.8 Å². The molecule has 3 heterocycles. The molecule has 3 N–H and O–H groups in total. The van der Waals surface area contributed by atoms with Gasteiger partial charge < -0.3 is 15.2 Å². The van der Waals surface area contributed by atoms with E-state index in [0.29, 0.717) is 17.9 Å². The van der Waals surface area contributed by atoms with Crippen LogP contribution in [0, 0.1) is 6.92 Å². The number of fused-ring (bicyclic) bond motifs is 2. The number of halogens is 2. The topological polar surface area (TPSA) is 77.9 Å². The van der Waals surface area contributed by atoms with Crippen LogP contribution in [0.4, 0.5) is 5.69 Å². The van der Waals surface area contributed by atoms with Gasteiger partial charge in [0.25, 0.3) is 0 Å². The van der Waals surface area contributed by atoms with Crippen LogP contribution in [0.3, 0.4) is 0 Å². The van der Waals surface area contributed by atoms with Gasteiger partial charge in [-0.05, 0) is 43.2 Å². The summed E-state index contributed by atoms with van der Waals surface area (Å²) in [6.07, 6.45) is 3.21.